The fourth-order valence-electron chi connectivity index (χ4n) is 2.91. The molecule has 0 bridgehead atoms. The average Bonchev–Trinajstić information content (AvgIpc) is 2.62. The van der Waals surface area contributed by atoms with Gasteiger partial charge in [0.15, 0.2) is 0 Å². The molecular formula is C20H22N2O2S. The van der Waals surface area contributed by atoms with Gasteiger partial charge in [-0.3, -0.25) is 0 Å². The number of hydrogen-bond acceptors (Lipinski definition) is 3. The zero-order valence-corrected chi connectivity index (χ0v) is 14.7. The van der Waals surface area contributed by atoms with Gasteiger partial charge < -0.3 is 5.73 Å². The molecule has 0 amide bonds. The molecule has 0 aliphatic rings. The lowest BCUT2D eigenvalue weighted by Crippen LogP contribution is -2.31. The quantitative estimate of drug-likeness (QED) is 0.685. The Kier molecular flexibility index (Phi) is 5.48. The molecule has 0 saturated heterocycles. The number of fused-ring (bicyclic) bond motifs is 1. The van der Waals surface area contributed by atoms with Crippen LogP contribution in [-0.2, 0) is 16.4 Å². The van der Waals surface area contributed by atoms with Crippen LogP contribution in [0.2, 0.25) is 0 Å². The Hall–Kier alpha value is -2.21. The van der Waals surface area contributed by atoms with Gasteiger partial charge in [-0.15, -0.1) is 0 Å². The average molecular weight is 354 g/mol. The molecule has 3 aromatic carbocycles. The second kappa shape index (κ2) is 7.78. The van der Waals surface area contributed by atoms with Crippen molar-refractivity contribution in [1.82, 2.24) is 4.72 Å². The lowest BCUT2D eigenvalue weighted by Gasteiger charge is -2.13. The molecule has 0 radical (unpaired) electrons. The third-order valence-electron chi connectivity index (χ3n) is 4.19. The number of nitrogens with two attached hydrogens (primary N) is 1. The van der Waals surface area contributed by atoms with Crippen molar-refractivity contribution in [2.75, 3.05) is 6.54 Å². The molecule has 0 aromatic heterocycles. The molecular weight excluding hydrogens is 332 g/mol. The molecule has 4 nitrogen and oxygen atoms in total. The first kappa shape index (κ1) is 17.6. The molecule has 0 saturated carbocycles. The van der Waals surface area contributed by atoms with Crippen LogP contribution in [0.15, 0.2) is 77.7 Å². The zero-order chi connectivity index (χ0) is 17.7. The molecule has 130 valence electrons. The van der Waals surface area contributed by atoms with E-state index >= 15 is 0 Å². The standard InChI is InChI=1S/C20H22N2O2S/c21-18(15-16-7-2-1-3-8-16)13-14-22-25(23,24)20-12-6-10-17-9-4-5-11-19(17)20/h1-12,18,22H,13-15,21H2/t18-/m0/s1. The van der Waals surface area contributed by atoms with Crippen molar-refractivity contribution >= 4 is 20.8 Å². The first-order valence-corrected chi connectivity index (χ1v) is 9.81. The molecule has 0 fully saturated rings. The highest BCUT2D eigenvalue weighted by Crippen LogP contribution is 2.22. The summed E-state index contributed by atoms with van der Waals surface area (Å²) in [5, 5.41) is 1.64. The Morgan fingerprint density at radius 1 is 0.880 bits per heavy atom. The summed E-state index contributed by atoms with van der Waals surface area (Å²) in [5.41, 5.74) is 7.29. The van der Waals surface area contributed by atoms with E-state index in [-0.39, 0.29) is 6.04 Å². The summed E-state index contributed by atoms with van der Waals surface area (Å²) in [4.78, 5) is 0.308. The van der Waals surface area contributed by atoms with Crippen LogP contribution in [0.1, 0.15) is 12.0 Å². The Morgan fingerprint density at radius 2 is 1.56 bits per heavy atom. The molecule has 0 heterocycles. The molecule has 3 rings (SSSR count). The number of benzene rings is 3. The van der Waals surface area contributed by atoms with Gasteiger partial charge in [0.2, 0.25) is 10.0 Å². The second-order valence-corrected chi connectivity index (χ2v) is 7.85. The van der Waals surface area contributed by atoms with Crippen LogP contribution in [0.25, 0.3) is 10.8 Å². The van der Waals surface area contributed by atoms with Gasteiger partial charge in [-0.2, -0.15) is 0 Å². The van der Waals surface area contributed by atoms with E-state index in [4.69, 9.17) is 5.73 Å². The molecule has 3 aromatic rings. The SMILES string of the molecule is N[C@@H](CCNS(=O)(=O)c1cccc2ccccc12)Cc1ccccc1. The Labute approximate surface area is 148 Å². The van der Waals surface area contributed by atoms with Gasteiger partial charge in [-0.25, -0.2) is 13.1 Å². The summed E-state index contributed by atoms with van der Waals surface area (Å²) in [5.74, 6) is 0. The summed E-state index contributed by atoms with van der Waals surface area (Å²) in [7, 11) is -3.56. The Morgan fingerprint density at radius 3 is 2.36 bits per heavy atom. The molecule has 0 aliphatic heterocycles. The van der Waals surface area contributed by atoms with Gasteiger partial charge in [-0.05, 0) is 29.9 Å². The summed E-state index contributed by atoms with van der Waals surface area (Å²) in [6.45, 7) is 0.319. The maximum atomic E-state index is 12.6. The van der Waals surface area contributed by atoms with Crippen LogP contribution in [-0.4, -0.2) is 21.0 Å². The highest BCUT2D eigenvalue weighted by Gasteiger charge is 2.17. The lowest BCUT2D eigenvalue weighted by atomic mass is 10.0. The van der Waals surface area contributed by atoms with Crippen molar-refractivity contribution in [3.05, 3.63) is 78.4 Å². The maximum absolute atomic E-state index is 12.6. The highest BCUT2D eigenvalue weighted by atomic mass is 32.2. The molecule has 5 heteroatoms. The van der Waals surface area contributed by atoms with Crippen LogP contribution in [0.3, 0.4) is 0 Å². The normalized spacial score (nSPS) is 13.0. The predicted molar refractivity (Wildman–Crippen MR) is 102 cm³/mol. The largest absolute Gasteiger partial charge is 0.327 e. The second-order valence-electron chi connectivity index (χ2n) is 6.11. The number of rotatable bonds is 7. The van der Waals surface area contributed by atoms with Crippen molar-refractivity contribution in [2.45, 2.75) is 23.8 Å². The number of sulfonamides is 1. The summed E-state index contributed by atoms with van der Waals surface area (Å²) >= 11 is 0. The number of hydrogen-bond donors (Lipinski definition) is 2. The maximum Gasteiger partial charge on any atom is 0.241 e. The van der Waals surface area contributed by atoms with Crippen molar-refractivity contribution in [2.24, 2.45) is 5.73 Å². The first-order chi connectivity index (χ1) is 12.1. The molecule has 0 aliphatic carbocycles. The van der Waals surface area contributed by atoms with E-state index in [0.29, 0.717) is 17.9 Å². The van der Waals surface area contributed by atoms with Crippen molar-refractivity contribution in [1.29, 1.82) is 0 Å². The van der Waals surface area contributed by atoms with Crippen molar-refractivity contribution < 1.29 is 8.42 Å². The molecule has 3 N–H and O–H groups in total. The fourth-order valence-corrected chi connectivity index (χ4v) is 4.18. The fraction of sp³-hybridized carbons (Fsp3) is 0.200. The summed E-state index contributed by atoms with van der Waals surface area (Å²) in [6.07, 6.45) is 1.32. The van der Waals surface area contributed by atoms with Gasteiger partial charge in [0.25, 0.3) is 0 Å². The third-order valence-corrected chi connectivity index (χ3v) is 5.71. The summed E-state index contributed by atoms with van der Waals surface area (Å²) in [6, 6.07) is 22.7. The smallest absolute Gasteiger partial charge is 0.241 e. The van der Waals surface area contributed by atoms with Gasteiger partial charge >= 0.3 is 0 Å². The van der Waals surface area contributed by atoms with Gasteiger partial charge in [-0.1, -0.05) is 66.7 Å². The van der Waals surface area contributed by atoms with Crippen LogP contribution in [0, 0.1) is 0 Å². The third kappa shape index (κ3) is 4.45. The Balaban J connectivity index is 1.64. The van der Waals surface area contributed by atoms with Gasteiger partial charge in [0.1, 0.15) is 0 Å². The minimum Gasteiger partial charge on any atom is -0.327 e. The van der Waals surface area contributed by atoms with E-state index in [1.165, 1.54) is 0 Å². The zero-order valence-electron chi connectivity index (χ0n) is 13.9. The van der Waals surface area contributed by atoms with E-state index in [9.17, 15) is 8.42 Å². The van der Waals surface area contributed by atoms with Crippen LogP contribution in [0.5, 0.6) is 0 Å². The minimum atomic E-state index is -3.56. The number of nitrogens with one attached hydrogen (secondary N) is 1. The summed E-state index contributed by atoms with van der Waals surface area (Å²) < 4.78 is 27.9. The molecule has 0 unspecified atom stereocenters. The van der Waals surface area contributed by atoms with E-state index < -0.39 is 10.0 Å². The Bertz CT molecular complexity index is 935. The predicted octanol–water partition coefficient (Wildman–Crippen LogP) is 3.08. The van der Waals surface area contributed by atoms with Crippen LogP contribution >= 0.6 is 0 Å². The van der Waals surface area contributed by atoms with Crippen molar-refractivity contribution in [3.63, 3.8) is 0 Å². The topological polar surface area (TPSA) is 72.2 Å². The van der Waals surface area contributed by atoms with Crippen LogP contribution < -0.4 is 10.5 Å². The van der Waals surface area contributed by atoms with E-state index in [1.54, 1.807) is 12.1 Å². The van der Waals surface area contributed by atoms with Gasteiger partial charge in [0.05, 0.1) is 4.90 Å². The monoisotopic (exact) mass is 354 g/mol. The van der Waals surface area contributed by atoms with E-state index in [2.05, 4.69) is 4.72 Å². The molecule has 1 atom stereocenters. The first-order valence-electron chi connectivity index (χ1n) is 8.33. The minimum absolute atomic E-state index is 0.0855. The molecule has 25 heavy (non-hydrogen) atoms. The molecule has 0 spiro atoms. The van der Waals surface area contributed by atoms with Gasteiger partial charge in [0, 0.05) is 18.0 Å². The van der Waals surface area contributed by atoms with E-state index in [0.717, 1.165) is 22.8 Å². The highest BCUT2D eigenvalue weighted by molar-refractivity contribution is 7.89. The van der Waals surface area contributed by atoms with Crippen LogP contribution in [0.4, 0.5) is 0 Å². The lowest BCUT2D eigenvalue weighted by molar-refractivity contribution is 0.563. The van der Waals surface area contributed by atoms with Crippen molar-refractivity contribution in [3.8, 4) is 0 Å². The van der Waals surface area contributed by atoms with E-state index in [1.807, 2.05) is 60.7 Å².